The Labute approximate surface area is 133 Å². The zero-order chi connectivity index (χ0) is 16.2. The van der Waals surface area contributed by atoms with Crippen LogP contribution >= 0.6 is 0 Å². The standard InChI is InChI=1S/C17H17FN2O3/c1-20(11-12-2-4-13(18)5-3-12)17(21)19-14-6-7-15-16(10-14)23-9-8-22-15/h2-7,10H,8-9,11H2,1H3,(H,19,21). The molecule has 2 aromatic rings. The molecule has 1 N–H and O–H groups in total. The lowest BCUT2D eigenvalue weighted by molar-refractivity contribution is 0.171. The number of nitrogens with one attached hydrogen (secondary N) is 1. The molecule has 0 saturated heterocycles. The average Bonchev–Trinajstić information content (AvgIpc) is 2.56. The molecule has 1 aliphatic rings. The highest BCUT2D eigenvalue weighted by molar-refractivity contribution is 5.89. The van der Waals surface area contributed by atoms with Crippen LogP contribution in [0.5, 0.6) is 11.5 Å². The Kier molecular flexibility index (Phi) is 4.32. The van der Waals surface area contributed by atoms with Crippen molar-refractivity contribution in [3.05, 3.63) is 53.8 Å². The molecule has 0 spiro atoms. The van der Waals surface area contributed by atoms with E-state index in [1.807, 2.05) is 0 Å². The highest BCUT2D eigenvalue weighted by Crippen LogP contribution is 2.32. The van der Waals surface area contributed by atoms with Gasteiger partial charge in [-0.15, -0.1) is 0 Å². The van der Waals surface area contributed by atoms with Crippen LogP contribution in [0.1, 0.15) is 5.56 Å². The maximum absolute atomic E-state index is 12.9. The van der Waals surface area contributed by atoms with Crippen LogP contribution in [0.15, 0.2) is 42.5 Å². The van der Waals surface area contributed by atoms with Gasteiger partial charge in [-0.05, 0) is 29.8 Å². The number of anilines is 1. The van der Waals surface area contributed by atoms with Crippen molar-refractivity contribution in [3.63, 3.8) is 0 Å². The minimum Gasteiger partial charge on any atom is -0.486 e. The fourth-order valence-corrected chi connectivity index (χ4v) is 2.28. The maximum Gasteiger partial charge on any atom is 0.321 e. The molecule has 0 radical (unpaired) electrons. The van der Waals surface area contributed by atoms with Crippen LogP contribution in [0.2, 0.25) is 0 Å². The average molecular weight is 316 g/mol. The van der Waals surface area contributed by atoms with Gasteiger partial charge in [0, 0.05) is 25.3 Å². The largest absolute Gasteiger partial charge is 0.486 e. The van der Waals surface area contributed by atoms with E-state index in [0.29, 0.717) is 36.9 Å². The molecule has 23 heavy (non-hydrogen) atoms. The molecule has 2 amide bonds. The van der Waals surface area contributed by atoms with Crippen molar-refractivity contribution < 1.29 is 18.7 Å². The SMILES string of the molecule is CN(Cc1ccc(F)cc1)C(=O)Nc1ccc2c(c1)OCCO2. The lowest BCUT2D eigenvalue weighted by Gasteiger charge is -2.21. The predicted octanol–water partition coefficient (Wildman–Crippen LogP) is 3.26. The van der Waals surface area contributed by atoms with Crippen LogP contribution in [0, 0.1) is 5.82 Å². The second-order valence-corrected chi connectivity index (χ2v) is 5.27. The van der Waals surface area contributed by atoms with Crippen molar-refractivity contribution >= 4 is 11.7 Å². The van der Waals surface area contributed by atoms with Crippen LogP contribution in [-0.4, -0.2) is 31.2 Å². The van der Waals surface area contributed by atoms with Gasteiger partial charge in [0.05, 0.1) is 0 Å². The Balaban J connectivity index is 1.63. The number of halogens is 1. The van der Waals surface area contributed by atoms with E-state index < -0.39 is 0 Å². The maximum atomic E-state index is 12.9. The van der Waals surface area contributed by atoms with Gasteiger partial charge in [0.15, 0.2) is 11.5 Å². The van der Waals surface area contributed by atoms with E-state index in [-0.39, 0.29) is 11.8 Å². The first-order valence-electron chi connectivity index (χ1n) is 7.28. The second kappa shape index (κ2) is 6.56. The Hall–Kier alpha value is -2.76. The number of carbonyl (C=O) groups is 1. The molecule has 3 rings (SSSR count). The third kappa shape index (κ3) is 3.71. The molecule has 120 valence electrons. The second-order valence-electron chi connectivity index (χ2n) is 5.27. The van der Waals surface area contributed by atoms with Crippen molar-refractivity contribution in [1.29, 1.82) is 0 Å². The minimum absolute atomic E-state index is 0.258. The number of urea groups is 1. The fourth-order valence-electron chi connectivity index (χ4n) is 2.28. The van der Waals surface area contributed by atoms with Crippen molar-refractivity contribution in [2.45, 2.75) is 6.54 Å². The summed E-state index contributed by atoms with van der Waals surface area (Å²) in [5.41, 5.74) is 1.48. The van der Waals surface area contributed by atoms with E-state index in [9.17, 15) is 9.18 Å². The summed E-state index contributed by atoms with van der Waals surface area (Å²) < 4.78 is 23.8. The Bertz CT molecular complexity index is 703. The van der Waals surface area contributed by atoms with E-state index in [0.717, 1.165) is 5.56 Å². The summed E-state index contributed by atoms with van der Waals surface area (Å²) in [6.07, 6.45) is 0. The molecule has 0 bridgehead atoms. The van der Waals surface area contributed by atoms with Gasteiger partial charge >= 0.3 is 6.03 Å². The molecule has 0 aliphatic carbocycles. The molecular weight excluding hydrogens is 299 g/mol. The zero-order valence-corrected chi connectivity index (χ0v) is 12.7. The normalized spacial score (nSPS) is 12.6. The van der Waals surface area contributed by atoms with Gasteiger partial charge in [-0.3, -0.25) is 0 Å². The third-order valence-electron chi connectivity index (χ3n) is 3.47. The summed E-state index contributed by atoms with van der Waals surface area (Å²) in [5.74, 6) is 1.00. The first-order valence-corrected chi connectivity index (χ1v) is 7.28. The first-order chi connectivity index (χ1) is 11.1. The molecule has 1 heterocycles. The number of fused-ring (bicyclic) bond motifs is 1. The molecular formula is C17H17FN2O3. The molecule has 2 aromatic carbocycles. The number of carbonyl (C=O) groups excluding carboxylic acids is 1. The first kappa shape index (κ1) is 15.1. The lowest BCUT2D eigenvalue weighted by Crippen LogP contribution is -2.30. The minimum atomic E-state index is -0.294. The van der Waals surface area contributed by atoms with Gasteiger partial charge in [0.1, 0.15) is 19.0 Å². The number of rotatable bonds is 3. The molecule has 6 heteroatoms. The van der Waals surface area contributed by atoms with Gasteiger partial charge in [0.25, 0.3) is 0 Å². The van der Waals surface area contributed by atoms with Crippen molar-refractivity contribution in [2.75, 3.05) is 25.6 Å². The number of hydrogen-bond acceptors (Lipinski definition) is 3. The van der Waals surface area contributed by atoms with Crippen molar-refractivity contribution in [3.8, 4) is 11.5 Å². The van der Waals surface area contributed by atoms with Crippen LogP contribution in [0.25, 0.3) is 0 Å². The van der Waals surface area contributed by atoms with E-state index in [1.165, 1.54) is 17.0 Å². The molecule has 0 saturated carbocycles. The summed E-state index contributed by atoms with van der Waals surface area (Å²) in [6, 6.07) is 11.1. The highest BCUT2D eigenvalue weighted by Gasteiger charge is 2.14. The summed E-state index contributed by atoms with van der Waals surface area (Å²) in [4.78, 5) is 13.7. The summed E-state index contributed by atoms with van der Waals surface area (Å²) in [7, 11) is 1.68. The van der Waals surface area contributed by atoms with Gasteiger partial charge in [-0.2, -0.15) is 0 Å². The Morgan fingerprint density at radius 1 is 1.13 bits per heavy atom. The summed E-state index contributed by atoms with van der Waals surface area (Å²) >= 11 is 0. The molecule has 1 aliphatic heterocycles. The number of benzene rings is 2. The topological polar surface area (TPSA) is 50.8 Å². The summed E-state index contributed by atoms with van der Waals surface area (Å²) in [5, 5.41) is 2.80. The van der Waals surface area contributed by atoms with Gasteiger partial charge in [-0.1, -0.05) is 12.1 Å². The number of amides is 2. The van der Waals surface area contributed by atoms with Gasteiger partial charge in [0.2, 0.25) is 0 Å². The molecule has 0 fully saturated rings. The van der Waals surface area contributed by atoms with Gasteiger partial charge in [-0.25, -0.2) is 9.18 Å². The molecule has 0 unspecified atom stereocenters. The fraction of sp³-hybridized carbons (Fsp3) is 0.235. The quantitative estimate of drug-likeness (QED) is 0.945. The molecule has 0 atom stereocenters. The van der Waals surface area contributed by atoms with E-state index in [4.69, 9.17) is 9.47 Å². The lowest BCUT2D eigenvalue weighted by atomic mass is 10.2. The summed E-state index contributed by atoms with van der Waals surface area (Å²) in [6.45, 7) is 1.41. The number of hydrogen-bond donors (Lipinski definition) is 1. The van der Waals surface area contributed by atoms with Crippen molar-refractivity contribution in [2.24, 2.45) is 0 Å². The highest BCUT2D eigenvalue weighted by atomic mass is 19.1. The van der Waals surface area contributed by atoms with Crippen LogP contribution in [-0.2, 0) is 6.54 Å². The van der Waals surface area contributed by atoms with Crippen LogP contribution in [0.3, 0.4) is 0 Å². The number of ether oxygens (including phenoxy) is 2. The monoisotopic (exact) mass is 316 g/mol. The zero-order valence-electron chi connectivity index (χ0n) is 12.7. The van der Waals surface area contributed by atoms with E-state index >= 15 is 0 Å². The van der Waals surface area contributed by atoms with Crippen molar-refractivity contribution in [1.82, 2.24) is 4.90 Å². The predicted molar refractivity (Wildman–Crippen MR) is 84.3 cm³/mol. The smallest absolute Gasteiger partial charge is 0.321 e. The van der Waals surface area contributed by atoms with Gasteiger partial charge < -0.3 is 19.7 Å². The molecule has 5 nitrogen and oxygen atoms in total. The Morgan fingerprint density at radius 2 is 1.83 bits per heavy atom. The van der Waals surface area contributed by atoms with E-state index in [2.05, 4.69) is 5.32 Å². The number of nitrogens with zero attached hydrogens (tertiary/aromatic N) is 1. The third-order valence-corrected chi connectivity index (χ3v) is 3.47. The Morgan fingerprint density at radius 3 is 2.57 bits per heavy atom. The molecule has 0 aromatic heterocycles. The van der Waals surface area contributed by atoms with Crippen LogP contribution in [0.4, 0.5) is 14.9 Å². The van der Waals surface area contributed by atoms with Crippen LogP contribution < -0.4 is 14.8 Å². The van der Waals surface area contributed by atoms with E-state index in [1.54, 1.807) is 37.4 Å².